The molecule has 5 nitrogen and oxygen atoms in total. The van der Waals surface area contributed by atoms with Crippen molar-refractivity contribution >= 4 is 11.6 Å². The molecule has 124 valence electrons. The number of hydrogen-bond acceptors (Lipinski definition) is 4. The minimum Gasteiger partial charge on any atom is -0.497 e. The molecule has 2 atom stereocenters. The highest BCUT2D eigenvalue weighted by Crippen LogP contribution is 2.29. The molecule has 6 heteroatoms. The van der Waals surface area contributed by atoms with Gasteiger partial charge in [-0.1, -0.05) is 11.6 Å². The second kappa shape index (κ2) is 7.70. The van der Waals surface area contributed by atoms with Gasteiger partial charge >= 0.3 is 0 Å². The van der Waals surface area contributed by atoms with Crippen molar-refractivity contribution in [2.45, 2.75) is 37.9 Å². The van der Waals surface area contributed by atoms with Gasteiger partial charge in [-0.3, -0.25) is 0 Å². The van der Waals surface area contributed by atoms with E-state index < -0.39 is 0 Å². The molecule has 1 aliphatic heterocycles. The third-order valence-electron chi connectivity index (χ3n) is 4.01. The number of aromatic nitrogens is 2. The van der Waals surface area contributed by atoms with Crippen molar-refractivity contribution in [3.63, 3.8) is 0 Å². The number of benzene rings is 1. The summed E-state index contributed by atoms with van der Waals surface area (Å²) in [4.78, 5) is 7.36. The molecule has 1 aliphatic rings. The van der Waals surface area contributed by atoms with E-state index in [1.54, 1.807) is 19.4 Å². The highest BCUT2D eigenvalue weighted by atomic mass is 35.5. The molecule has 2 heterocycles. The predicted molar refractivity (Wildman–Crippen MR) is 88.3 cm³/mol. The lowest BCUT2D eigenvalue weighted by atomic mass is 10.1. The Morgan fingerprint density at radius 3 is 2.96 bits per heavy atom. The SMILES string of the molecule is COc1ccc(OCC[C@@H]2CC[C@@H](Cc3ncc[nH]3)O2)c(Cl)c1. The van der Waals surface area contributed by atoms with Crippen molar-refractivity contribution in [3.05, 3.63) is 41.4 Å². The summed E-state index contributed by atoms with van der Waals surface area (Å²) in [7, 11) is 1.61. The third-order valence-corrected chi connectivity index (χ3v) is 4.30. The number of H-pyrrole nitrogens is 1. The minimum absolute atomic E-state index is 0.243. The molecule has 23 heavy (non-hydrogen) atoms. The maximum Gasteiger partial charge on any atom is 0.138 e. The van der Waals surface area contributed by atoms with Crippen LogP contribution in [0.5, 0.6) is 11.5 Å². The Bertz CT molecular complexity index is 618. The largest absolute Gasteiger partial charge is 0.497 e. The van der Waals surface area contributed by atoms with Crippen molar-refractivity contribution in [2.75, 3.05) is 13.7 Å². The molecule has 1 N–H and O–H groups in total. The average Bonchev–Trinajstić information content (AvgIpc) is 3.21. The predicted octanol–water partition coefficient (Wildman–Crippen LogP) is 3.63. The normalized spacial score (nSPS) is 20.6. The van der Waals surface area contributed by atoms with Crippen LogP contribution in [-0.4, -0.2) is 35.9 Å². The van der Waals surface area contributed by atoms with Gasteiger partial charge in [0.25, 0.3) is 0 Å². The van der Waals surface area contributed by atoms with Gasteiger partial charge in [-0.2, -0.15) is 0 Å². The van der Waals surface area contributed by atoms with Gasteiger partial charge in [-0.15, -0.1) is 0 Å². The molecule has 0 saturated carbocycles. The summed E-state index contributed by atoms with van der Waals surface area (Å²) in [5, 5.41) is 0.562. The second-order valence-corrected chi connectivity index (χ2v) is 6.04. The first-order chi connectivity index (χ1) is 11.2. The van der Waals surface area contributed by atoms with Crippen molar-refractivity contribution in [1.82, 2.24) is 9.97 Å². The van der Waals surface area contributed by atoms with E-state index in [-0.39, 0.29) is 12.2 Å². The van der Waals surface area contributed by atoms with Gasteiger partial charge < -0.3 is 19.2 Å². The average molecular weight is 337 g/mol. The number of aromatic amines is 1. The minimum atomic E-state index is 0.243. The molecular formula is C17H21ClN2O3. The molecule has 0 spiro atoms. The van der Waals surface area contributed by atoms with E-state index >= 15 is 0 Å². The summed E-state index contributed by atoms with van der Waals surface area (Å²) >= 11 is 6.16. The Kier molecular flexibility index (Phi) is 5.41. The number of nitrogens with zero attached hydrogens (tertiary/aromatic N) is 1. The maximum absolute atomic E-state index is 6.16. The number of rotatable bonds is 7. The fourth-order valence-corrected chi connectivity index (χ4v) is 3.02. The lowest BCUT2D eigenvalue weighted by Crippen LogP contribution is -2.16. The highest BCUT2D eigenvalue weighted by Gasteiger charge is 2.25. The van der Waals surface area contributed by atoms with Crippen LogP contribution in [0.2, 0.25) is 5.02 Å². The molecule has 0 amide bonds. The van der Waals surface area contributed by atoms with Crippen LogP contribution in [0.1, 0.15) is 25.1 Å². The summed E-state index contributed by atoms with van der Waals surface area (Å²) < 4.78 is 16.9. The molecule has 1 saturated heterocycles. The van der Waals surface area contributed by atoms with E-state index in [1.807, 2.05) is 18.3 Å². The summed E-state index contributed by atoms with van der Waals surface area (Å²) in [5.41, 5.74) is 0. The van der Waals surface area contributed by atoms with E-state index in [2.05, 4.69) is 9.97 Å². The van der Waals surface area contributed by atoms with Crippen molar-refractivity contribution in [1.29, 1.82) is 0 Å². The number of ether oxygens (including phenoxy) is 3. The van der Waals surface area contributed by atoms with Gasteiger partial charge in [0, 0.05) is 31.3 Å². The fourth-order valence-electron chi connectivity index (χ4n) is 2.79. The van der Waals surface area contributed by atoms with Crippen LogP contribution in [0, 0.1) is 0 Å². The lowest BCUT2D eigenvalue weighted by molar-refractivity contribution is 0.0327. The topological polar surface area (TPSA) is 56.4 Å². The first kappa shape index (κ1) is 16.1. The summed E-state index contributed by atoms with van der Waals surface area (Å²) in [5.74, 6) is 2.39. The van der Waals surface area contributed by atoms with E-state index in [0.717, 1.165) is 37.3 Å². The molecule has 1 aromatic carbocycles. The van der Waals surface area contributed by atoms with E-state index in [9.17, 15) is 0 Å². The van der Waals surface area contributed by atoms with Crippen LogP contribution in [0.3, 0.4) is 0 Å². The Hall–Kier alpha value is -1.72. The van der Waals surface area contributed by atoms with Crippen molar-refractivity contribution < 1.29 is 14.2 Å². The molecule has 3 rings (SSSR count). The van der Waals surface area contributed by atoms with Crippen LogP contribution in [0.25, 0.3) is 0 Å². The Morgan fingerprint density at radius 2 is 2.22 bits per heavy atom. The zero-order chi connectivity index (χ0) is 16.1. The summed E-state index contributed by atoms with van der Waals surface area (Å²) in [6.45, 7) is 0.587. The molecule has 0 aliphatic carbocycles. The smallest absolute Gasteiger partial charge is 0.138 e. The maximum atomic E-state index is 6.16. The van der Waals surface area contributed by atoms with E-state index in [1.165, 1.54) is 0 Å². The Balaban J connectivity index is 1.41. The lowest BCUT2D eigenvalue weighted by Gasteiger charge is -2.14. The number of methoxy groups -OCH3 is 1. The monoisotopic (exact) mass is 336 g/mol. The first-order valence-corrected chi connectivity index (χ1v) is 8.22. The van der Waals surface area contributed by atoms with Gasteiger partial charge in [0.15, 0.2) is 0 Å². The molecular weight excluding hydrogens is 316 g/mol. The zero-order valence-corrected chi connectivity index (χ0v) is 13.9. The molecule has 0 unspecified atom stereocenters. The highest BCUT2D eigenvalue weighted by molar-refractivity contribution is 6.32. The van der Waals surface area contributed by atoms with Crippen LogP contribution in [0.15, 0.2) is 30.6 Å². The number of halogens is 1. The van der Waals surface area contributed by atoms with Gasteiger partial charge in [-0.05, 0) is 25.0 Å². The van der Waals surface area contributed by atoms with Gasteiger partial charge in [0.2, 0.25) is 0 Å². The van der Waals surface area contributed by atoms with E-state index in [4.69, 9.17) is 25.8 Å². The number of hydrogen-bond donors (Lipinski definition) is 1. The zero-order valence-electron chi connectivity index (χ0n) is 13.1. The Morgan fingerprint density at radius 1 is 1.35 bits per heavy atom. The van der Waals surface area contributed by atoms with E-state index in [0.29, 0.717) is 17.4 Å². The first-order valence-electron chi connectivity index (χ1n) is 7.84. The number of imidazole rings is 1. The molecule has 0 radical (unpaired) electrons. The van der Waals surface area contributed by atoms with Crippen LogP contribution in [-0.2, 0) is 11.2 Å². The number of nitrogens with one attached hydrogen (secondary N) is 1. The standard InChI is InChI=1S/C17H21ClN2O3/c1-21-13-4-5-16(15(18)10-13)22-9-6-12-2-3-14(23-12)11-17-19-7-8-20-17/h4-5,7-8,10,12,14H,2-3,6,9,11H2,1H3,(H,19,20)/t12-,14-/m0/s1. The fraction of sp³-hybridized carbons (Fsp3) is 0.471. The molecule has 2 aromatic rings. The Labute approximate surface area is 140 Å². The summed E-state index contributed by atoms with van der Waals surface area (Å²) in [6, 6.07) is 5.42. The molecule has 1 fully saturated rings. The van der Waals surface area contributed by atoms with Crippen LogP contribution >= 0.6 is 11.6 Å². The van der Waals surface area contributed by atoms with Crippen molar-refractivity contribution in [3.8, 4) is 11.5 Å². The van der Waals surface area contributed by atoms with Gasteiger partial charge in [-0.25, -0.2) is 4.98 Å². The van der Waals surface area contributed by atoms with Gasteiger partial charge in [0.1, 0.15) is 17.3 Å². The summed E-state index contributed by atoms with van der Waals surface area (Å²) in [6.07, 6.45) is 7.93. The third kappa shape index (κ3) is 4.39. The van der Waals surface area contributed by atoms with Crippen LogP contribution in [0.4, 0.5) is 0 Å². The van der Waals surface area contributed by atoms with Crippen LogP contribution < -0.4 is 9.47 Å². The molecule has 0 bridgehead atoms. The second-order valence-electron chi connectivity index (χ2n) is 5.63. The van der Waals surface area contributed by atoms with Gasteiger partial charge in [0.05, 0.1) is 30.9 Å². The van der Waals surface area contributed by atoms with Crippen molar-refractivity contribution in [2.24, 2.45) is 0 Å². The quantitative estimate of drug-likeness (QED) is 0.838. The molecule has 1 aromatic heterocycles.